The Morgan fingerprint density at radius 2 is 1.96 bits per heavy atom. The number of hydrogen-bond donors (Lipinski definition) is 1. The summed E-state index contributed by atoms with van der Waals surface area (Å²) in [5.41, 5.74) is -0.999. The highest BCUT2D eigenvalue weighted by molar-refractivity contribution is 6.35. The summed E-state index contributed by atoms with van der Waals surface area (Å²) in [7, 11) is 0. The second-order valence-electron chi connectivity index (χ2n) is 5.90. The number of alkyl halides is 3. The molecule has 9 heteroatoms. The van der Waals surface area contributed by atoms with Gasteiger partial charge in [-0.3, -0.25) is 14.5 Å². The van der Waals surface area contributed by atoms with Crippen LogP contribution in [-0.2, 0) is 22.3 Å². The van der Waals surface area contributed by atoms with E-state index in [2.05, 4.69) is 5.32 Å². The fourth-order valence-corrected chi connectivity index (χ4v) is 3.11. The fourth-order valence-electron chi connectivity index (χ4n) is 3.11. The third-order valence-electron chi connectivity index (χ3n) is 4.29. The maximum absolute atomic E-state index is 13.2. The second-order valence-corrected chi connectivity index (χ2v) is 5.90. The van der Waals surface area contributed by atoms with Crippen LogP contribution in [-0.4, -0.2) is 53.8 Å². The standard InChI is InChI=1S/C15H15F4N3O2/c16-10-2-1-9(12(5-10)15(17,18)19)7-21-3-4-22-11(8-21)6-20-13(23)14(22)24/h1-2,5,11H,3-4,6-8H2,(H,20,23)/t11-/m1/s1. The van der Waals surface area contributed by atoms with Gasteiger partial charge >= 0.3 is 18.0 Å². The molecule has 2 saturated heterocycles. The molecular formula is C15H15F4N3O2. The van der Waals surface area contributed by atoms with Crippen molar-refractivity contribution in [2.24, 2.45) is 0 Å². The number of carbonyl (C=O) groups excluding carboxylic acids is 2. The lowest BCUT2D eigenvalue weighted by Gasteiger charge is -2.43. The van der Waals surface area contributed by atoms with E-state index >= 15 is 0 Å². The highest BCUT2D eigenvalue weighted by Gasteiger charge is 2.39. The summed E-state index contributed by atoms with van der Waals surface area (Å²) in [6, 6.07) is 2.37. The molecule has 2 aliphatic heterocycles. The third-order valence-corrected chi connectivity index (χ3v) is 4.29. The number of fused-ring (bicyclic) bond motifs is 1. The predicted molar refractivity (Wildman–Crippen MR) is 75.2 cm³/mol. The monoisotopic (exact) mass is 345 g/mol. The number of carbonyl (C=O) groups is 2. The zero-order chi connectivity index (χ0) is 17.5. The van der Waals surface area contributed by atoms with Gasteiger partial charge in [-0.15, -0.1) is 0 Å². The van der Waals surface area contributed by atoms with E-state index in [1.807, 2.05) is 0 Å². The lowest BCUT2D eigenvalue weighted by Crippen LogP contribution is -2.65. The lowest BCUT2D eigenvalue weighted by molar-refractivity contribution is -0.152. The van der Waals surface area contributed by atoms with Crippen molar-refractivity contribution in [1.29, 1.82) is 0 Å². The Bertz CT molecular complexity index is 677. The number of nitrogens with zero attached hydrogens (tertiary/aromatic N) is 2. The highest BCUT2D eigenvalue weighted by Crippen LogP contribution is 2.33. The quantitative estimate of drug-likeness (QED) is 0.642. The van der Waals surface area contributed by atoms with Gasteiger partial charge in [-0.25, -0.2) is 4.39 Å². The van der Waals surface area contributed by atoms with Crippen LogP contribution in [0.15, 0.2) is 18.2 Å². The van der Waals surface area contributed by atoms with Crippen molar-refractivity contribution in [2.75, 3.05) is 26.2 Å². The molecule has 0 spiro atoms. The summed E-state index contributed by atoms with van der Waals surface area (Å²) in [6.07, 6.45) is -4.63. The molecule has 0 bridgehead atoms. The molecule has 1 aromatic carbocycles. The number of halogens is 4. The molecule has 1 N–H and O–H groups in total. The largest absolute Gasteiger partial charge is 0.416 e. The summed E-state index contributed by atoms with van der Waals surface area (Å²) in [5, 5.41) is 2.47. The summed E-state index contributed by atoms with van der Waals surface area (Å²) in [5.74, 6) is -2.20. The van der Waals surface area contributed by atoms with Crippen LogP contribution >= 0.6 is 0 Å². The van der Waals surface area contributed by atoms with Gasteiger partial charge in [0, 0.05) is 32.7 Å². The molecule has 2 heterocycles. The summed E-state index contributed by atoms with van der Waals surface area (Å²) < 4.78 is 52.3. The van der Waals surface area contributed by atoms with Crippen molar-refractivity contribution in [3.63, 3.8) is 0 Å². The molecule has 24 heavy (non-hydrogen) atoms. The van der Waals surface area contributed by atoms with Gasteiger partial charge in [-0.05, 0) is 17.7 Å². The van der Waals surface area contributed by atoms with E-state index in [-0.39, 0.29) is 31.2 Å². The Kier molecular flexibility index (Phi) is 4.20. The molecule has 0 saturated carbocycles. The van der Waals surface area contributed by atoms with Gasteiger partial charge in [0.1, 0.15) is 5.82 Å². The van der Waals surface area contributed by atoms with Gasteiger partial charge in [0.15, 0.2) is 0 Å². The molecule has 5 nitrogen and oxygen atoms in total. The molecule has 2 fully saturated rings. The van der Waals surface area contributed by atoms with Crippen LogP contribution in [0.5, 0.6) is 0 Å². The maximum atomic E-state index is 13.2. The van der Waals surface area contributed by atoms with Crippen LogP contribution < -0.4 is 5.32 Å². The maximum Gasteiger partial charge on any atom is 0.416 e. The predicted octanol–water partition coefficient (Wildman–Crippen LogP) is 0.987. The van der Waals surface area contributed by atoms with Crippen molar-refractivity contribution in [3.8, 4) is 0 Å². The van der Waals surface area contributed by atoms with Gasteiger partial charge in [0.25, 0.3) is 0 Å². The number of piperazine rings is 2. The summed E-state index contributed by atoms with van der Waals surface area (Å²) >= 11 is 0. The number of rotatable bonds is 2. The van der Waals surface area contributed by atoms with Gasteiger partial charge in [0.2, 0.25) is 0 Å². The van der Waals surface area contributed by atoms with Crippen LogP contribution in [0.4, 0.5) is 17.6 Å². The smallest absolute Gasteiger partial charge is 0.346 e. The molecule has 3 rings (SSSR count). The van der Waals surface area contributed by atoms with E-state index in [0.717, 1.165) is 12.1 Å². The number of benzene rings is 1. The van der Waals surface area contributed by atoms with Crippen LogP contribution in [0.1, 0.15) is 11.1 Å². The van der Waals surface area contributed by atoms with Gasteiger partial charge in [-0.2, -0.15) is 13.2 Å². The first kappa shape index (κ1) is 16.7. The van der Waals surface area contributed by atoms with Crippen molar-refractivity contribution < 1.29 is 27.2 Å². The first-order valence-electron chi connectivity index (χ1n) is 7.42. The Morgan fingerprint density at radius 1 is 1.21 bits per heavy atom. The van der Waals surface area contributed by atoms with Crippen LogP contribution in [0, 0.1) is 5.82 Å². The van der Waals surface area contributed by atoms with Gasteiger partial charge in [-0.1, -0.05) is 6.07 Å². The number of amides is 2. The molecule has 0 radical (unpaired) electrons. The van der Waals surface area contributed by atoms with Gasteiger partial charge < -0.3 is 10.2 Å². The van der Waals surface area contributed by atoms with Crippen LogP contribution in [0.2, 0.25) is 0 Å². The first-order chi connectivity index (χ1) is 11.3. The minimum atomic E-state index is -4.63. The molecule has 0 aliphatic carbocycles. The SMILES string of the molecule is O=C1NC[C@@H]2CN(Cc3ccc(F)cc3C(F)(F)F)CCN2C1=O. The number of nitrogens with one attached hydrogen (secondary N) is 1. The van der Waals surface area contributed by atoms with E-state index in [1.165, 1.54) is 4.90 Å². The molecular weight excluding hydrogens is 330 g/mol. The van der Waals surface area contributed by atoms with Crippen molar-refractivity contribution >= 4 is 11.8 Å². The highest BCUT2D eigenvalue weighted by atomic mass is 19.4. The van der Waals surface area contributed by atoms with Crippen LogP contribution in [0.25, 0.3) is 0 Å². The molecule has 130 valence electrons. The van der Waals surface area contributed by atoms with E-state index in [9.17, 15) is 27.2 Å². The lowest BCUT2D eigenvalue weighted by atomic mass is 10.0. The molecule has 0 aromatic heterocycles. The molecule has 1 atom stereocenters. The molecule has 0 unspecified atom stereocenters. The summed E-state index contributed by atoms with van der Waals surface area (Å²) in [6.45, 7) is 1.25. The average molecular weight is 345 g/mol. The third kappa shape index (κ3) is 3.21. The van der Waals surface area contributed by atoms with Crippen molar-refractivity contribution in [1.82, 2.24) is 15.1 Å². The first-order valence-corrected chi connectivity index (χ1v) is 7.42. The zero-order valence-electron chi connectivity index (χ0n) is 12.6. The van der Waals surface area contributed by atoms with Crippen molar-refractivity contribution in [3.05, 3.63) is 35.1 Å². The van der Waals surface area contributed by atoms with Crippen LogP contribution in [0.3, 0.4) is 0 Å². The fraction of sp³-hybridized carbons (Fsp3) is 0.467. The Labute approximate surface area is 135 Å². The molecule has 2 amide bonds. The van der Waals surface area contributed by atoms with E-state index in [4.69, 9.17) is 0 Å². The topological polar surface area (TPSA) is 52.7 Å². The zero-order valence-corrected chi connectivity index (χ0v) is 12.6. The Balaban J connectivity index is 1.74. The molecule has 2 aliphatic rings. The Morgan fingerprint density at radius 3 is 2.67 bits per heavy atom. The molecule has 1 aromatic rings. The van der Waals surface area contributed by atoms with Gasteiger partial charge in [0.05, 0.1) is 11.6 Å². The van der Waals surface area contributed by atoms with E-state index < -0.39 is 29.4 Å². The summed E-state index contributed by atoms with van der Waals surface area (Å²) in [4.78, 5) is 26.3. The minimum absolute atomic E-state index is 0.00159. The van der Waals surface area contributed by atoms with E-state index in [0.29, 0.717) is 19.2 Å². The normalized spacial score (nSPS) is 22.3. The number of hydrogen-bond acceptors (Lipinski definition) is 3. The second kappa shape index (κ2) is 6.04. The van der Waals surface area contributed by atoms with Crippen molar-refractivity contribution in [2.45, 2.75) is 18.8 Å². The Hall–Kier alpha value is -2.16. The average Bonchev–Trinajstić information content (AvgIpc) is 2.52. The van der Waals surface area contributed by atoms with E-state index in [1.54, 1.807) is 4.90 Å². The minimum Gasteiger partial charge on any atom is -0.346 e.